The molecule has 78 valence electrons. The number of aromatic nitrogens is 2. The lowest BCUT2D eigenvalue weighted by Crippen LogP contribution is -2.24. The Bertz CT molecular complexity index is 389. The zero-order valence-corrected chi connectivity index (χ0v) is 8.92. The van der Waals surface area contributed by atoms with Crippen LogP contribution in [0.5, 0.6) is 0 Å². The summed E-state index contributed by atoms with van der Waals surface area (Å²) in [5.74, 6) is 0.495. The third kappa shape index (κ3) is 1.39. The fraction of sp³-hybridized carbons (Fsp3) is 0.700. The summed E-state index contributed by atoms with van der Waals surface area (Å²) in [5, 5.41) is 6.41. The second kappa shape index (κ2) is 3.28. The fourth-order valence-corrected chi connectivity index (χ4v) is 1.98. The average Bonchev–Trinajstić information content (AvgIpc) is 2.57. The molecule has 4 heteroatoms. The largest absolute Gasteiger partial charge is 0.304 e. The van der Waals surface area contributed by atoms with Gasteiger partial charge < -0.3 is 5.32 Å². The molecule has 0 bridgehead atoms. The topological polar surface area (TPSA) is 49.8 Å². The molecule has 2 rings (SSSR count). The van der Waals surface area contributed by atoms with E-state index >= 15 is 0 Å². The first-order chi connectivity index (χ1) is 6.59. The van der Waals surface area contributed by atoms with Crippen molar-refractivity contribution in [3.63, 3.8) is 0 Å². The second-order valence-electron chi connectivity index (χ2n) is 4.42. The van der Waals surface area contributed by atoms with Crippen molar-refractivity contribution in [1.29, 1.82) is 0 Å². The molecular formula is C10H17N3O. The van der Waals surface area contributed by atoms with Crippen molar-refractivity contribution < 1.29 is 0 Å². The van der Waals surface area contributed by atoms with Crippen molar-refractivity contribution in [3.05, 3.63) is 21.6 Å². The average molecular weight is 195 g/mol. The highest BCUT2D eigenvalue weighted by Crippen LogP contribution is 2.19. The van der Waals surface area contributed by atoms with Gasteiger partial charge in [-0.05, 0) is 12.8 Å². The smallest absolute Gasteiger partial charge is 0.271 e. The van der Waals surface area contributed by atoms with Gasteiger partial charge in [-0.25, -0.2) is 0 Å². The summed E-state index contributed by atoms with van der Waals surface area (Å²) in [6, 6.07) is 0.196. The van der Waals surface area contributed by atoms with Crippen LogP contribution in [0.1, 0.15) is 38.1 Å². The van der Waals surface area contributed by atoms with Crippen molar-refractivity contribution in [1.82, 2.24) is 15.1 Å². The Balaban J connectivity index is 2.38. The normalized spacial score (nSPS) is 20.4. The quantitative estimate of drug-likeness (QED) is 0.739. The van der Waals surface area contributed by atoms with Gasteiger partial charge in [0.15, 0.2) is 0 Å². The Hall–Kier alpha value is -1.03. The van der Waals surface area contributed by atoms with Crippen LogP contribution in [0.3, 0.4) is 0 Å². The first-order valence-corrected chi connectivity index (χ1v) is 5.14. The highest BCUT2D eigenvalue weighted by molar-refractivity contribution is 5.25. The molecule has 0 spiro atoms. The molecule has 1 atom stereocenters. The summed E-state index contributed by atoms with van der Waals surface area (Å²) in [7, 11) is 0. The Morgan fingerprint density at radius 2 is 2.29 bits per heavy atom. The molecule has 0 aliphatic carbocycles. The molecule has 2 N–H and O–H groups in total. The summed E-state index contributed by atoms with van der Waals surface area (Å²) >= 11 is 0. The van der Waals surface area contributed by atoms with E-state index in [9.17, 15) is 4.79 Å². The molecule has 1 unspecified atom stereocenters. The number of hydrogen-bond acceptors (Lipinski definition) is 2. The summed E-state index contributed by atoms with van der Waals surface area (Å²) < 4.78 is 1.73. The highest BCUT2D eigenvalue weighted by Gasteiger charge is 2.25. The van der Waals surface area contributed by atoms with E-state index in [2.05, 4.69) is 24.3 Å². The van der Waals surface area contributed by atoms with Crippen molar-refractivity contribution >= 4 is 0 Å². The summed E-state index contributed by atoms with van der Waals surface area (Å²) in [4.78, 5) is 11.9. The molecule has 0 fully saturated rings. The number of rotatable bonds is 2. The van der Waals surface area contributed by atoms with Crippen LogP contribution in [0.15, 0.2) is 4.79 Å². The Morgan fingerprint density at radius 3 is 2.86 bits per heavy atom. The van der Waals surface area contributed by atoms with Crippen molar-refractivity contribution in [3.8, 4) is 0 Å². The summed E-state index contributed by atoms with van der Waals surface area (Å²) in [5.41, 5.74) is 2.13. The molecule has 1 aromatic rings. The Labute approximate surface area is 83.3 Å². The summed E-state index contributed by atoms with van der Waals surface area (Å²) in [6.07, 6.45) is 0. The lowest BCUT2D eigenvalue weighted by atomic mass is 10.2. The number of aromatic amines is 1. The highest BCUT2D eigenvalue weighted by atomic mass is 16.1. The fourth-order valence-electron chi connectivity index (χ4n) is 1.98. The van der Waals surface area contributed by atoms with E-state index in [0.29, 0.717) is 5.92 Å². The van der Waals surface area contributed by atoms with Gasteiger partial charge in [-0.15, -0.1) is 0 Å². The number of fused-ring (bicyclic) bond motifs is 1. The molecule has 1 aliphatic heterocycles. The first kappa shape index (κ1) is 9.52. The van der Waals surface area contributed by atoms with E-state index in [1.54, 1.807) is 4.68 Å². The molecule has 0 saturated heterocycles. The second-order valence-corrected chi connectivity index (χ2v) is 4.42. The van der Waals surface area contributed by atoms with Gasteiger partial charge in [-0.2, -0.15) is 0 Å². The first-order valence-electron chi connectivity index (χ1n) is 5.14. The van der Waals surface area contributed by atoms with Crippen LogP contribution in [0.4, 0.5) is 0 Å². The van der Waals surface area contributed by atoms with E-state index in [4.69, 9.17) is 0 Å². The van der Waals surface area contributed by atoms with Gasteiger partial charge in [0.1, 0.15) is 0 Å². The van der Waals surface area contributed by atoms with Crippen molar-refractivity contribution in [2.24, 2.45) is 5.92 Å². The molecule has 4 nitrogen and oxygen atoms in total. The zero-order valence-electron chi connectivity index (χ0n) is 8.92. The van der Waals surface area contributed by atoms with E-state index in [-0.39, 0.29) is 11.6 Å². The molecule has 0 saturated carbocycles. The third-order valence-electron chi connectivity index (χ3n) is 2.64. The standard InChI is InChI=1S/C10H17N3O/c1-6(2)5-13-10(14)9-7(3)11-4-8(9)12-13/h6-7,11-12H,4-5H2,1-3H3. The molecule has 1 aromatic heterocycles. The SMILES string of the molecule is CC(C)Cn1[nH]c2c(c1=O)C(C)NC2. The van der Waals surface area contributed by atoms with Crippen molar-refractivity contribution in [2.45, 2.75) is 39.9 Å². The van der Waals surface area contributed by atoms with Gasteiger partial charge in [0.2, 0.25) is 0 Å². The maximum atomic E-state index is 11.9. The predicted molar refractivity (Wildman–Crippen MR) is 55.1 cm³/mol. The Morgan fingerprint density at radius 1 is 1.57 bits per heavy atom. The van der Waals surface area contributed by atoms with Gasteiger partial charge in [0.25, 0.3) is 5.56 Å². The number of hydrogen-bond donors (Lipinski definition) is 2. The lowest BCUT2D eigenvalue weighted by molar-refractivity contribution is 0.462. The minimum Gasteiger partial charge on any atom is -0.304 e. The minimum absolute atomic E-state index is 0.145. The molecular weight excluding hydrogens is 178 g/mol. The summed E-state index contributed by atoms with van der Waals surface area (Å²) in [6.45, 7) is 7.82. The number of nitrogens with one attached hydrogen (secondary N) is 2. The van der Waals surface area contributed by atoms with Gasteiger partial charge in [0, 0.05) is 19.1 Å². The van der Waals surface area contributed by atoms with Crippen LogP contribution in [-0.2, 0) is 13.1 Å². The van der Waals surface area contributed by atoms with Gasteiger partial charge in [0.05, 0.1) is 11.3 Å². The van der Waals surface area contributed by atoms with Crippen LogP contribution < -0.4 is 10.9 Å². The third-order valence-corrected chi connectivity index (χ3v) is 2.64. The molecule has 0 aromatic carbocycles. The number of H-pyrrole nitrogens is 1. The van der Waals surface area contributed by atoms with E-state index in [0.717, 1.165) is 24.3 Å². The molecule has 1 aliphatic rings. The maximum Gasteiger partial charge on any atom is 0.271 e. The van der Waals surface area contributed by atoms with Crippen LogP contribution in [-0.4, -0.2) is 9.78 Å². The van der Waals surface area contributed by atoms with E-state index in [1.807, 2.05) is 6.92 Å². The lowest BCUT2D eigenvalue weighted by Gasteiger charge is -2.06. The molecule has 2 heterocycles. The Kier molecular flexibility index (Phi) is 2.23. The molecule has 0 amide bonds. The van der Waals surface area contributed by atoms with Gasteiger partial charge in [-0.3, -0.25) is 14.6 Å². The maximum absolute atomic E-state index is 11.9. The monoisotopic (exact) mass is 195 g/mol. The van der Waals surface area contributed by atoms with Gasteiger partial charge in [-0.1, -0.05) is 13.8 Å². The number of nitrogens with zero attached hydrogens (tertiary/aromatic N) is 1. The van der Waals surface area contributed by atoms with Gasteiger partial charge >= 0.3 is 0 Å². The van der Waals surface area contributed by atoms with Crippen LogP contribution >= 0.6 is 0 Å². The predicted octanol–water partition coefficient (Wildman–Crippen LogP) is 0.997. The molecule has 0 radical (unpaired) electrons. The van der Waals surface area contributed by atoms with E-state index in [1.165, 1.54) is 0 Å². The van der Waals surface area contributed by atoms with E-state index < -0.39 is 0 Å². The van der Waals surface area contributed by atoms with Crippen LogP contribution in [0.25, 0.3) is 0 Å². The zero-order chi connectivity index (χ0) is 10.3. The van der Waals surface area contributed by atoms with Crippen molar-refractivity contribution in [2.75, 3.05) is 0 Å². The molecule has 14 heavy (non-hydrogen) atoms. The minimum atomic E-state index is 0.145. The van der Waals surface area contributed by atoms with Crippen LogP contribution in [0.2, 0.25) is 0 Å². The van der Waals surface area contributed by atoms with Crippen LogP contribution in [0, 0.1) is 5.92 Å².